The molecule has 40 heavy (non-hydrogen) atoms. The van der Waals surface area contributed by atoms with E-state index in [0.717, 1.165) is 0 Å². The van der Waals surface area contributed by atoms with Crippen LogP contribution in [0.5, 0.6) is 0 Å². The molecule has 9 nitrogen and oxygen atoms in total. The summed E-state index contributed by atoms with van der Waals surface area (Å²) in [5, 5.41) is 22.6. The minimum absolute atomic E-state index is 0.0582. The first-order valence-corrected chi connectivity index (χ1v) is 14.7. The maximum Gasteiger partial charge on any atom is 0.234 e. The van der Waals surface area contributed by atoms with Crippen LogP contribution in [0.25, 0.3) is 0 Å². The molecule has 0 spiro atoms. The van der Waals surface area contributed by atoms with E-state index in [1.165, 1.54) is 29.3 Å². The van der Waals surface area contributed by atoms with Crippen LogP contribution in [0.1, 0.15) is 38.2 Å². The van der Waals surface area contributed by atoms with Gasteiger partial charge in [0.05, 0.1) is 29.0 Å². The number of hydrogen-bond acceptors (Lipinski definition) is 10. The lowest BCUT2D eigenvalue weighted by Gasteiger charge is -2.42. The Bertz CT molecular complexity index is 1630. The Morgan fingerprint density at radius 3 is 2.75 bits per heavy atom. The number of nitriles is 1. The molecular weight excluding hydrogens is 589 g/mol. The number of Topliss-reactive ketones (excluding diaryl/α,β-unsaturated/α-hetero) is 1. The molecule has 0 radical (unpaired) electrons. The number of benzene rings is 1. The second-order valence-electron chi connectivity index (χ2n) is 10.0. The average molecular weight is 613 g/mol. The molecule has 1 aliphatic heterocycles. The molecule has 5 rings (SSSR count). The quantitative estimate of drug-likeness (QED) is 0.257. The molecule has 1 aromatic carbocycles. The number of hydrogen-bond donors (Lipinski definition) is 2. The Labute approximate surface area is 249 Å². The van der Waals surface area contributed by atoms with E-state index in [9.17, 15) is 14.9 Å². The number of aromatic nitrogens is 3. The maximum absolute atomic E-state index is 13.6. The number of nitrogens with one attached hydrogen (secondary N) is 1. The molecule has 1 atom stereocenters. The van der Waals surface area contributed by atoms with Crippen molar-refractivity contribution in [2.75, 3.05) is 16.0 Å². The van der Waals surface area contributed by atoms with Crippen LogP contribution in [0.4, 0.5) is 10.8 Å². The van der Waals surface area contributed by atoms with Crippen LogP contribution in [0, 0.1) is 16.7 Å². The second-order valence-corrected chi connectivity index (χ2v) is 13.0. The van der Waals surface area contributed by atoms with Crippen molar-refractivity contribution in [3.63, 3.8) is 0 Å². The largest absolute Gasteiger partial charge is 0.384 e. The first-order chi connectivity index (χ1) is 19.1. The van der Waals surface area contributed by atoms with E-state index in [1.54, 1.807) is 29.2 Å². The molecule has 3 aromatic rings. The molecular formula is C27H23Cl2N7O2S2. The molecule has 2 aromatic heterocycles. The Morgan fingerprint density at radius 1 is 1.25 bits per heavy atom. The van der Waals surface area contributed by atoms with E-state index in [1.807, 2.05) is 26.0 Å². The smallest absolute Gasteiger partial charge is 0.234 e. The summed E-state index contributed by atoms with van der Waals surface area (Å²) in [5.74, 6) is -0.797. The van der Waals surface area contributed by atoms with Gasteiger partial charge in [0.1, 0.15) is 5.82 Å². The fourth-order valence-electron chi connectivity index (χ4n) is 4.89. The zero-order chi connectivity index (χ0) is 28.6. The summed E-state index contributed by atoms with van der Waals surface area (Å²) in [4.78, 5) is 31.7. The topological polar surface area (TPSA) is 138 Å². The zero-order valence-electron chi connectivity index (χ0n) is 21.4. The first-order valence-electron chi connectivity index (χ1n) is 12.2. The predicted molar refractivity (Wildman–Crippen MR) is 157 cm³/mol. The number of nitrogens with two attached hydrogens (primary N) is 1. The van der Waals surface area contributed by atoms with E-state index in [4.69, 9.17) is 28.9 Å². The number of thioether (sulfide) groups is 1. The number of allylic oxidation sites excluding steroid dienone is 3. The van der Waals surface area contributed by atoms with E-state index < -0.39 is 5.92 Å². The molecule has 2 aliphatic rings. The highest BCUT2D eigenvalue weighted by atomic mass is 35.5. The van der Waals surface area contributed by atoms with Gasteiger partial charge in [0.25, 0.3) is 0 Å². The maximum atomic E-state index is 13.6. The van der Waals surface area contributed by atoms with Gasteiger partial charge in [-0.1, -0.05) is 78.3 Å². The summed E-state index contributed by atoms with van der Waals surface area (Å²) in [6.07, 6.45) is 2.39. The van der Waals surface area contributed by atoms with Crippen molar-refractivity contribution in [3.05, 3.63) is 81.0 Å². The van der Waals surface area contributed by atoms with E-state index in [-0.39, 0.29) is 39.4 Å². The van der Waals surface area contributed by atoms with Crippen molar-refractivity contribution in [1.82, 2.24) is 15.2 Å². The zero-order valence-corrected chi connectivity index (χ0v) is 24.6. The van der Waals surface area contributed by atoms with Gasteiger partial charge in [-0.3, -0.25) is 14.5 Å². The Balaban J connectivity index is 1.48. The van der Waals surface area contributed by atoms with Gasteiger partial charge in [-0.15, -0.1) is 10.2 Å². The van der Waals surface area contributed by atoms with Gasteiger partial charge in [-0.05, 0) is 35.6 Å². The van der Waals surface area contributed by atoms with Gasteiger partial charge in [0, 0.05) is 28.9 Å². The molecule has 204 valence electrons. The fourth-order valence-corrected chi connectivity index (χ4v) is 6.98. The summed E-state index contributed by atoms with van der Waals surface area (Å²) >= 11 is 15.0. The number of nitrogens with zero attached hydrogens (tertiary/aromatic N) is 5. The van der Waals surface area contributed by atoms with Crippen molar-refractivity contribution in [1.29, 1.82) is 5.26 Å². The highest BCUT2D eigenvalue weighted by Gasteiger charge is 2.45. The lowest BCUT2D eigenvalue weighted by atomic mass is 9.68. The number of carbonyl (C=O) groups excluding carboxylic acids is 2. The van der Waals surface area contributed by atoms with Crippen molar-refractivity contribution in [2.24, 2.45) is 11.1 Å². The van der Waals surface area contributed by atoms with Crippen molar-refractivity contribution in [3.8, 4) is 6.07 Å². The van der Waals surface area contributed by atoms with Gasteiger partial charge in [-0.25, -0.2) is 4.98 Å². The molecule has 3 N–H and O–H groups in total. The highest BCUT2D eigenvalue weighted by Crippen LogP contribution is 2.51. The third kappa shape index (κ3) is 5.45. The summed E-state index contributed by atoms with van der Waals surface area (Å²) < 4.78 is 0.519. The van der Waals surface area contributed by atoms with Crippen LogP contribution in [-0.4, -0.2) is 32.6 Å². The van der Waals surface area contributed by atoms with E-state index >= 15 is 0 Å². The minimum atomic E-state index is -0.682. The van der Waals surface area contributed by atoms with Gasteiger partial charge in [0.15, 0.2) is 15.3 Å². The molecule has 1 aliphatic carbocycles. The SMILES string of the molecule is CC1(C)CC(=O)C2=C(C1)N(c1nnc(SCC(=O)Nc3cccnc3Cl)s1)C(N)=C(C#N)C2c1ccccc1Cl. The van der Waals surface area contributed by atoms with Crippen LogP contribution < -0.4 is 16.0 Å². The number of halogens is 2. The molecule has 1 unspecified atom stereocenters. The Morgan fingerprint density at radius 2 is 2.02 bits per heavy atom. The van der Waals surface area contributed by atoms with Gasteiger partial charge in [0.2, 0.25) is 11.0 Å². The predicted octanol–water partition coefficient (Wildman–Crippen LogP) is 5.91. The molecule has 13 heteroatoms. The molecule has 0 saturated carbocycles. The van der Waals surface area contributed by atoms with Crippen LogP contribution >= 0.6 is 46.3 Å². The van der Waals surface area contributed by atoms with Gasteiger partial charge < -0.3 is 11.1 Å². The van der Waals surface area contributed by atoms with Crippen molar-refractivity contribution < 1.29 is 9.59 Å². The van der Waals surface area contributed by atoms with Crippen LogP contribution in [0.3, 0.4) is 0 Å². The average Bonchev–Trinajstić information content (AvgIpc) is 3.36. The van der Waals surface area contributed by atoms with Crippen LogP contribution in [0.15, 0.2) is 69.6 Å². The monoisotopic (exact) mass is 611 g/mol. The summed E-state index contributed by atoms with van der Waals surface area (Å²) in [5.41, 5.74) is 8.79. The summed E-state index contributed by atoms with van der Waals surface area (Å²) in [7, 11) is 0. The van der Waals surface area contributed by atoms with E-state index in [0.29, 0.717) is 49.9 Å². The highest BCUT2D eigenvalue weighted by molar-refractivity contribution is 8.01. The molecule has 3 heterocycles. The first kappa shape index (κ1) is 28.1. The minimum Gasteiger partial charge on any atom is -0.384 e. The third-order valence-corrected chi connectivity index (χ3v) is 9.23. The van der Waals surface area contributed by atoms with Crippen molar-refractivity contribution >= 4 is 68.8 Å². The standard InChI is InChI=1S/C27H23Cl2N7O2S2/c1-27(2)10-18-22(19(37)11-27)21(14-6-3-4-7-16(14)28)15(12-30)24(31)36(18)25-34-35-26(40-25)39-13-20(38)33-17-8-5-9-32-23(17)29/h3-9,21H,10-11,13,31H2,1-2H3,(H,33,38). The van der Waals surface area contributed by atoms with Gasteiger partial charge >= 0.3 is 0 Å². The summed E-state index contributed by atoms with van der Waals surface area (Å²) in [6.45, 7) is 4.04. The summed E-state index contributed by atoms with van der Waals surface area (Å²) in [6, 6.07) is 12.7. The number of carbonyl (C=O) groups is 2. The second kappa shape index (κ2) is 11.2. The van der Waals surface area contributed by atoms with Crippen LogP contribution in [-0.2, 0) is 9.59 Å². The fraction of sp³-hybridized carbons (Fsp3) is 0.259. The molecule has 0 saturated heterocycles. The Hall–Kier alpha value is -3.43. The van der Waals surface area contributed by atoms with Crippen molar-refractivity contribution in [2.45, 2.75) is 36.9 Å². The van der Waals surface area contributed by atoms with Gasteiger partial charge in [-0.2, -0.15) is 5.26 Å². The number of rotatable bonds is 6. The number of pyridine rings is 1. The molecule has 1 amide bonds. The third-order valence-electron chi connectivity index (χ3n) is 6.54. The number of anilines is 2. The Kier molecular flexibility index (Phi) is 7.88. The molecule has 0 fully saturated rings. The number of ketones is 1. The van der Waals surface area contributed by atoms with Crippen LogP contribution in [0.2, 0.25) is 10.2 Å². The number of amides is 1. The lowest BCUT2D eigenvalue weighted by Crippen LogP contribution is -2.42. The molecule has 0 bridgehead atoms. The lowest BCUT2D eigenvalue weighted by molar-refractivity contribution is -0.118. The normalized spacial score (nSPS) is 18.4. The van der Waals surface area contributed by atoms with E-state index in [2.05, 4.69) is 26.6 Å².